The van der Waals surface area contributed by atoms with Gasteiger partial charge >= 0.3 is 0 Å². The number of nitrogens with one attached hydrogen (secondary N) is 1. The van der Waals surface area contributed by atoms with E-state index in [1.807, 2.05) is 12.1 Å². The van der Waals surface area contributed by atoms with Gasteiger partial charge < -0.3 is 15.8 Å². The van der Waals surface area contributed by atoms with Crippen LogP contribution in [-0.2, 0) is 10.2 Å². The van der Waals surface area contributed by atoms with Crippen LogP contribution in [0.3, 0.4) is 0 Å². The molecule has 1 aromatic rings. The standard InChI is InChI=1S/C17H25Cl2N3O/c1-2-3-8-21-16(20)22-12-17(6-9-23-10-7-17)14-5-4-13(18)11-15(14)19/h4-5,11H,2-3,6-10,12H2,1H3,(H3,20,21,22). The summed E-state index contributed by atoms with van der Waals surface area (Å²) in [5.74, 6) is 0.495. The Hall–Kier alpha value is -0.970. The number of hydrogen-bond acceptors (Lipinski definition) is 2. The lowest BCUT2D eigenvalue weighted by molar-refractivity contribution is 0.0531. The van der Waals surface area contributed by atoms with Crippen LogP contribution >= 0.6 is 23.2 Å². The largest absolute Gasteiger partial charge is 0.381 e. The molecule has 3 N–H and O–H groups in total. The molecule has 0 spiro atoms. The maximum atomic E-state index is 6.45. The lowest BCUT2D eigenvalue weighted by Gasteiger charge is -2.37. The van der Waals surface area contributed by atoms with Crippen molar-refractivity contribution in [2.24, 2.45) is 10.7 Å². The highest BCUT2D eigenvalue weighted by Gasteiger charge is 2.36. The van der Waals surface area contributed by atoms with Crippen LogP contribution in [0.5, 0.6) is 0 Å². The van der Waals surface area contributed by atoms with Crippen molar-refractivity contribution in [3.63, 3.8) is 0 Å². The quantitative estimate of drug-likeness (QED) is 0.463. The number of nitrogens with zero attached hydrogens (tertiary/aromatic N) is 1. The number of halogens is 2. The van der Waals surface area contributed by atoms with Crippen molar-refractivity contribution in [2.45, 2.75) is 38.0 Å². The normalized spacial score (nSPS) is 18.0. The van der Waals surface area contributed by atoms with Crippen molar-refractivity contribution in [2.75, 3.05) is 26.3 Å². The van der Waals surface area contributed by atoms with Crippen molar-refractivity contribution >= 4 is 29.2 Å². The summed E-state index contributed by atoms with van der Waals surface area (Å²) in [6.07, 6.45) is 3.96. The van der Waals surface area contributed by atoms with E-state index in [0.29, 0.717) is 35.8 Å². The molecule has 0 atom stereocenters. The van der Waals surface area contributed by atoms with E-state index in [1.165, 1.54) is 0 Å². The second-order valence-corrected chi connectivity index (χ2v) is 6.84. The molecule has 1 fully saturated rings. The van der Waals surface area contributed by atoms with Crippen LogP contribution in [0.15, 0.2) is 23.2 Å². The van der Waals surface area contributed by atoms with E-state index in [-0.39, 0.29) is 5.41 Å². The minimum atomic E-state index is -0.142. The number of guanidine groups is 1. The Labute approximate surface area is 148 Å². The fourth-order valence-corrected chi connectivity index (χ4v) is 3.49. The predicted molar refractivity (Wildman–Crippen MR) is 97.6 cm³/mol. The lowest BCUT2D eigenvalue weighted by Crippen LogP contribution is -2.39. The Morgan fingerprint density at radius 3 is 2.74 bits per heavy atom. The van der Waals surface area contributed by atoms with Gasteiger partial charge in [-0.15, -0.1) is 0 Å². The van der Waals surface area contributed by atoms with E-state index >= 15 is 0 Å². The number of nitrogens with two attached hydrogens (primary N) is 1. The van der Waals surface area contributed by atoms with Crippen molar-refractivity contribution < 1.29 is 4.74 Å². The molecule has 2 rings (SSSR count). The molecule has 0 aromatic heterocycles. The first-order chi connectivity index (χ1) is 11.1. The number of rotatable bonds is 6. The van der Waals surface area contributed by atoms with Crippen LogP contribution in [0, 0.1) is 0 Å². The van der Waals surface area contributed by atoms with Crippen LogP contribution in [0.1, 0.15) is 38.2 Å². The fraction of sp³-hybridized carbons (Fsp3) is 0.588. The molecule has 6 heteroatoms. The predicted octanol–water partition coefficient (Wildman–Crippen LogP) is 3.75. The summed E-state index contributed by atoms with van der Waals surface area (Å²) in [7, 11) is 0. The molecular weight excluding hydrogens is 333 g/mol. The van der Waals surface area contributed by atoms with Crippen molar-refractivity contribution in [3.05, 3.63) is 33.8 Å². The number of benzene rings is 1. The van der Waals surface area contributed by atoms with Crippen LogP contribution in [-0.4, -0.2) is 32.3 Å². The first-order valence-electron chi connectivity index (χ1n) is 8.14. The van der Waals surface area contributed by atoms with Crippen LogP contribution < -0.4 is 11.1 Å². The third-order valence-corrected chi connectivity index (χ3v) is 4.89. The molecule has 4 nitrogen and oxygen atoms in total. The molecule has 0 radical (unpaired) electrons. The average molecular weight is 358 g/mol. The topological polar surface area (TPSA) is 59.6 Å². The lowest BCUT2D eigenvalue weighted by atomic mass is 9.74. The summed E-state index contributed by atoms with van der Waals surface area (Å²) >= 11 is 12.5. The summed E-state index contributed by atoms with van der Waals surface area (Å²) in [5, 5.41) is 4.49. The van der Waals surface area contributed by atoms with Gasteiger partial charge in [0.25, 0.3) is 0 Å². The van der Waals surface area contributed by atoms with Gasteiger partial charge in [0.1, 0.15) is 0 Å². The molecule has 0 aliphatic carbocycles. The zero-order valence-electron chi connectivity index (χ0n) is 13.6. The van der Waals surface area contributed by atoms with E-state index in [1.54, 1.807) is 6.07 Å². The van der Waals surface area contributed by atoms with Gasteiger partial charge in [-0.25, -0.2) is 0 Å². The minimum absolute atomic E-state index is 0.142. The van der Waals surface area contributed by atoms with Gasteiger partial charge in [0.2, 0.25) is 0 Å². The second kappa shape index (κ2) is 8.76. The van der Waals surface area contributed by atoms with E-state index in [4.69, 9.17) is 33.7 Å². The SMILES string of the molecule is CCCCNC(N)=NCC1(c2ccc(Cl)cc2Cl)CCOCC1. The summed E-state index contributed by atoms with van der Waals surface area (Å²) in [6, 6.07) is 5.68. The number of ether oxygens (including phenoxy) is 1. The smallest absolute Gasteiger partial charge is 0.188 e. The average Bonchev–Trinajstić information content (AvgIpc) is 2.54. The van der Waals surface area contributed by atoms with Crippen LogP contribution in [0.25, 0.3) is 0 Å². The van der Waals surface area contributed by atoms with Gasteiger partial charge in [-0.1, -0.05) is 42.6 Å². The molecule has 128 valence electrons. The molecule has 23 heavy (non-hydrogen) atoms. The second-order valence-electron chi connectivity index (χ2n) is 6.00. The fourth-order valence-electron chi connectivity index (χ4n) is 2.88. The van der Waals surface area contributed by atoms with E-state index in [2.05, 4.69) is 17.2 Å². The first-order valence-corrected chi connectivity index (χ1v) is 8.90. The third-order valence-electron chi connectivity index (χ3n) is 4.34. The Kier molecular flexibility index (Phi) is 7.00. The van der Waals surface area contributed by atoms with Gasteiger partial charge in [0.15, 0.2) is 5.96 Å². The highest BCUT2D eigenvalue weighted by Crippen LogP contribution is 2.39. The summed E-state index contributed by atoms with van der Waals surface area (Å²) in [6.45, 7) is 5.01. The maximum Gasteiger partial charge on any atom is 0.188 e. The Bertz CT molecular complexity index is 543. The van der Waals surface area contributed by atoms with Crippen LogP contribution in [0.2, 0.25) is 10.0 Å². The van der Waals surface area contributed by atoms with Gasteiger partial charge in [-0.2, -0.15) is 0 Å². The maximum absolute atomic E-state index is 6.45. The highest BCUT2D eigenvalue weighted by molar-refractivity contribution is 6.35. The van der Waals surface area contributed by atoms with Gasteiger partial charge in [0.05, 0.1) is 6.54 Å². The molecule has 0 amide bonds. The van der Waals surface area contributed by atoms with Crippen molar-refractivity contribution in [3.8, 4) is 0 Å². The zero-order valence-corrected chi connectivity index (χ0v) is 15.1. The van der Waals surface area contributed by atoms with E-state index in [9.17, 15) is 0 Å². The molecule has 1 saturated heterocycles. The Morgan fingerprint density at radius 2 is 2.09 bits per heavy atom. The summed E-state index contributed by atoms with van der Waals surface area (Å²) in [4.78, 5) is 4.57. The van der Waals surface area contributed by atoms with Crippen molar-refractivity contribution in [1.82, 2.24) is 5.32 Å². The van der Waals surface area contributed by atoms with Gasteiger partial charge in [-0.05, 0) is 37.0 Å². The molecule has 1 aromatic carbocycles. The van der Waals surface area contributed by atoms with Gasteiger partial charge in [0, 0.05) is 35.2 Å². The zero-order chi connectivity index (χ0) is 16.7. The van der Waals surface area contributed by atoms with Gasteiger partial charge in [-0.3, -0.25) is 4.99 Å². The molecule has 1 heterocycles. The van der Waals surface area contributed by atoms with Crippen molar-refractivity contribution in [1.29, 1.82) is 0 Å². The number of aliphatic imine (C=N–C) groups is 1. The number of hydrogen-bond donors (Lipinski definition) is 2. The summed E-state index contributed by atoms with van der Waals surface area (Å²) < 4.78 is 5.53. The molecule has 1 aliphatic rings. The molecule has 1 aliphatic heterocycles. The highest BCUT2D eigenvalue weighted by atomic mass is 35.5. The Morgan fingerprint density at radius 1 is 1.35 bits per heavy atom. The molecule has 0 saturated carbocycles. The van der Waals surface area contributed by atoms with E-state index < -0.39 is 0 Å². The number of unbranched alkanes of at least 4 members (excludes halogenated alkanes) is 1. The van der Waals surface area contributed by atoms with Crippen LogP contribution in [0.4, 0.5) is 0 Å². The third kappa shape index (κ3) is 5.00. The molecular formula is C17H25Cl2N3O. The molecule has 0 bridgehead atoms. The monoisotopic (exact) mass is 357 g/mol. The minimum Gasteiger partial charge on any atom is -0.381 e. The summed E-state index contributed by atoms with van der Waals surface area (Å²) in [5.41, 5.74) is 6.92. The Balaban J connectivity index is 2.17. The first kappa shape index (κ1) is 18.4. The molecule has 0 unspecified atom stereocenters. The van der Waals surface area contributed by atoms with E-state index in [0.717, 1.165) is 37.8 Å².